The molecule has 2 unspecified atom stereocenters. The first-order valence-electron chi connectivity index (χ1n) is 5.31. The third-order valence-electron chi connectivity index (χ3n) is 3.04. The van der Waals surface area contributed by atoms with Crippen molar-refractivity contribution in [2.24, 2.45) is 0 Å². The van der Waals surface area contributed by atoms with E-state index >= 15 is 0 Å². The highest BCUT2D eigenvalue weighted by molar-refractivity contribution is 8.00. The molecule has 0 bridgehead atoms. The Balaban J connectivity index is 1.95. The second-order valence-corrected chi connectivity index (χ2v) is 5.60. The van der Waals surface area contributed by atoms with Crippen LogP contribution < -0.4 is 0 Å². The van der Waals surface area contributed by atoms with Crippen molar-refractivity contribution in [3.8, 4) is 0 Å². The van der Waals surface area contributed by atoms with Gasteiger partial charge in [-0.25, -0.2) is 0 Å². The summed E-state index contributed by atoms with van der Waals surface area (Å²) in [6.07, 6.45) is 4.47. The predicted octanol–water partition coefficient (Wildman–Crippen LogP) is 2.11. The van der Waals surface area contributed by atoms with E-state index in [0.717, 1.165) is 31.6 Å². The molecule has 2 aliphatic heterocycles. The van der Waals surface area contributed by atoms with Crippen LogP contribution in [0, 0.1) is 0 Å². The van der Waals surface area contributed by atoms with Gasteiger partial charge in [0.05, 0.1) is 5.25 Å². The predicted molar refractivity (Wildman–Crippen MR) is 60.9 cm³/mol. The molecule has 2 saturated heterocycles. The van der Waals surface area contributed by atoms with Crippen molar-refractivity contribution in [1.82, 2.24) is 4.90 Å². The molecular formula is C10H16ClNOS. The molecule has 1 amide bonds. The Hall–Kier alpha value is 0.110. The number of nitrogens with zero attached hydrogens (tertiary/aromatic N) is 1. The molecule has 0 aromatic heterocycles. The number of carbonyl (C=O) groups excluding carboxylic acids is 1. The lowest BCUT2D eigenvalue weighted by molar-refractivity contribution is -0.131. The van der Waals surface area contributed by atoms with E-state index in [2.05, 4.69) is 0 Å². The molecule has 14 heavy (non-hydrogen) atoms. The van der Waals surface area contributed by atoms with E-state index in [1.807, 2.05) is 16.7 Å². The van der Waals surface area contributed by atoms with Crippen LogP contribution in [0.5, 0.6) is 0 Å². The molecule has 2 nitrogen and oxygen atoms in total. The molecule has 0 saturated carbocycles. The average molecular weight is 234 g/mol. The fourth-order valence-corrected chi connectivity index (χ4v) is 3.79. The summed E-state index contributed by atoms with van der Waals surface area (Å²) in [5, 5.41) is 0.235. The zero-order chi connectivity index (χ0) is 9.97. The lowest BCUT2D eigenvalue weighted by Crippen LogP contribution is -2.41. The second-order valence-electron chi connectivity index (χ2n) is 3.98. The van der Waals surface area contributed by atoms with Crippen LogP contribution in [-0.4, -0.2) is 40.3 Å². The number of hydrogen-bond donors (Lipinski definition) is 0. The lowest BCUT2D eigenvalue weighted by atomic mass is 10.2. The maximum absolute atomic E-state index is 12.1. The first kappa shape index (κ1) is 10.6. The molecule has 4 heteroatoms. The topological polar surface area (TPSA) is 20.3 Å². The Labute approximate surface area is 94.4 Å². The van der Waals surface area contributed by atoms with Gasteiger partial charge in [0.2, 0.25) is 5.91 Å². The van der Waals surface area contributed by atoms with E-state index in [1.165, 1.54) is 6.42 Å². The monoisotopic (exact) mass is 233 g/mol. The molecule has 0 aromatic rings. The van der Waals surface area contributed by atoms with Crippen LogP contribution in [0.1, 0.15) is 25.7 Å². The van der Waals surface area contributed by atoms with Gasteiger partial charge < -0.3 is 4.90 Å². The number of halogens is 1. The second kappa shape index (κ2) is 4.75. The minimum Gasteiger partial charge on any atom is -0.338 e. The van der Waals surface area contributed by atoms with Gasteiger partial charge in [0.1, 0.15) is 0 Å². The summed E-state index contributed by atoms with van der Waals surface area (Å²) in [5.74, 6) is 2.09. The summed E-state index contributed by atoms with van der Waals surface area (Å²) < 4.78 is 0. The number of likely N-dealkylation sites (tertiary alicyclic amines) is 1. The van der Waals surface area contributed by atoms with Crippen LogP contribution in [0.2, 0.25) is 0 Å². The third kappa shape index (κ3) is 2.03. The number of amides is 1. The van der Waals surface area contributed by atoms with Gasteiger partial charge in [0, 0.05) is 18.5 Å². The highest BCUT2D eigenvalue weighted by Crippen LogP contribution is 2.30. The Bertz CT molecular complexity index is 218. The van der Waals surface area contributed by atoms with Gasteiger partial charge >= 0.3 is 0 Å². The van der Waals surface area contributed by atoms with Crippen LogP contribution >= 0.6 is 23.4 Å². The van der Waals surface area contributed by atoms with Gasteiger partial charge in [-0.3, -0.25) is 4.79 Å². The van der Waals surface area contributed by atoms with E-state index in [-0.39, 0.29) is 5.25 Å². The molecule has 2 atom stereocenters. The molecule has 2 aliphatic rings. The molecule has 2 heterocycles. The van der Waals surface area contributed by atoms with Gasteiger partial charge in [-0.1, -0.05) is 0 Å². The molecule has 0 spiro atoms. The Morgan fingerprint density at radius 3 is 2.93 bits per heavy atom. The van der Waals surface area contributed by atoms with Crippen molar-refractivity contribution in [3.63, 3.8) is 0 Å². The first-order chi connectivity index (χ1) is 6.83. The van der Waals surface area contributed by atoms with Crippen molar-refractivity contribution in [2.45, 2.75) is 37.0 Å². The Kier molecular flexibility index (Phi) is 3.61. The molecule has 0 N–H and O–H groups in total. The van der Waals surface area contributed by atoms with E-state index in [0.29, 0.717) is 17.8 Å². The van der Waals surface area contributed by atoms with Crippen LogP contribution in [0.3, 0.4) is 0 Å². The SMILES string of the molecule is O=C(C1CCCS1)N1CCCC1CCl. The molecule has 0 aliphatic carbocycles. The minimum atomic E-state index is 0.235. The number of hydrogen-bond acceptors (Lipinski definition) is 2. The largest absolute Gasteiger partial charge is 0.338 e. The van der Waals surface area contributed by atoms with E-state index in [1.54, 1.807) is 0 Å². The van der Waals surface area contributed by atoms with E-state index in [4.69, 9.17) is 11.6 Å². The van der Waals surface area contributed by atoms with Crippen molar-refractivity contribution in [3.05, 3.63) is 0 Å². The van der Waals surface area contributed by atoms with Gasteiger partial charge in [0.25, 0.3) is 0 Å². The summed E-state index contributed by atoms with van der Waals surface area (Å²) in [6.45, 7) is 0.924. The van der Waals surface area contributed by atoms with Gasteiger partial charge in [-0.15, -0.1) is 23.4 Å². The zero-order valence-electron chi connectivity index (χ0n) is 8.25. The number of alkyl halides is 1. The normalized spacial score (nSPS) is 32.5. The van der Waals surface area contributed by atoms with Crippen molar-refractivity contribution < 1.29 is 4.79 Å². The molecule has 0 radical (unpaired) electrons. The maximum Gasteiger partial charge on any atom is 0.235 e. The molecular weight excluding hydrogens is 218 g/mol. The average Bonchev–Trinajstić information content (AvgIpc) is 2.87. The van der Waals surface area contributed by atoms with Crippen LogP contribution in [-0.2, 0) is 4.79 Å². The molecule has 2 rings (SSSR count). The van der Waals surface area contributed by atoms with Crippen molar-refractivity contribution >= 4 is 29.3 Å². The minimum absolute atomic E-state index is 0.235. The summed E-state index contributed by atoms with van der Waals surface area (Å²) in [6, 6.07) is 0.311. The molecule has 0 aromatic carbocycles. The fourth-order valence-electron chi connectivity index (χ4n) is 2.24. The van der Waals surface area contributed by atoms with Gasteiger partial charge in [-0.2, -0.15) is 0 Å². The van der Waals surface area contributed by atoms with Crippen molar-refractivity contribution in [1.29, 1.82) is 0 Å². The maximum atomic E-state index is 12.1. The highest BCUT2D eigenvalue weighted by Gasteiger charge is 2.34. The fraction of sp³-hybridized carbons (Fsp3) is 0.900. The van der Waals surface area contributed by atoms with E-state index in [9.17, 15) is 4.79 Å². The summed E-state index contributed by atoms with van der Waals surface area (Å²) >= 11 is 7.67. The standard InChI is InChI=1S/C10H16ClNOS/c11-7-8-3-1-5-12(8)10(13)9-4-2-6-14-9/h8-9H,1-7H2. The quantitative estimate of drug-likeness (QED) is 0.681. The number of carbonyl (C=O) groups is 1. The first-order valence-corrected chi connectivity index (χ1v) is 6.89. The number of thioether (sulfide) groups is 1. The molecule has 2 fully saturated rings. The van der Waals surface area contributed by atoms with Crippen LogP contribution in [0.15, 0.2) is 0 Å². The zero-order valence-corrected chi connectivity index (χ0v) is 9.82. The Morgan fingerprint density at radius 2 is 2.29 bits per heavy atom. The summed E-state index contributed by atoms with van der Waals surface area (Å²) in [5.41, 5.74) is 0. The lowest BCUT2D eigenvalue weighted by Gasteiger charge is -2.25. The Morgan fingerprint density at radius 1 is 1.43 bits per heavy atom. The smallest absolute Gasteiger partial charge is 0.235 e. The summed E-state index contributed by atoms with van der Waals surface area (Å²) in [4.78, 5) is 14.1. The van der Waals surface area contributed by atoms with Crippen molar-refractivity contribution in [2.75, 3.05) is 18.2 Å². The molecule has 80 valence electrons. The van der Waals surface area contributed by atoms with Gasteiger partial charge in [-0.05, 0) is 31.4 Å². The highest BCUT2D eigenvalue weighted by atomic mass is 35.5. The number of rotatable bonds is 2. The summed E-state index contributed by atoms with van der Waals surface area (Å²) in [7, 11) is 0. The van der Waals surface area contributed by atoms with Gasteiger partial charge in [0.15, 0.2) is 0 Å². The third-order valence-corrected chi connectivity index (χ3v) is 4.76. The van der Waals surface area contributed by atoms with Crippen LogP contribution in [0.25, 0.3) is 0 Å². The van der Waals surface area contributed by atoms with Crippen LogP contribution in [0.4, 0.5) is 0 Å². The van der Waals surface area contributed by atoms with E-state index < -0.39 is 0 Å².